The molecule has 16 heteroatoms. The summed E-state index contributed by atoms with van der Waals surface area (Å²) in [5.41, 5.74) is 0.132. The van der Waals surface area contributed by atoms with Crippen molar-refractivity contribution >= 4 is 51.2 Å². The number of amides is 4. The Morgan fingerprint density at radius 1 is 1.07 bits per heavy atom. The van der Waals surface area contributed by atoms with Crippen LogP contribution in [0.15, 0.2) is 24.3 Å². The number of thioether (sulfide) groups is 1. The van der Waals surface area contributed by atoms with E-state index in [2.05, 4.69) is 21.3 Å². The molecule has 0 saturated carbocycles. The Bertz CT molecular complexity index is 1110. The lowest BCUT2D eigenvalue weighted by Gasteiger charge is -2.38. The highest BCUT2D eigenvalue weighted by Crippen LogP contribution is 2.33. The number of ether oxygens (including phenoxy) is 2. The molecule has 9 atom stereocenters. The van der Waals surface area contributed by atoms with Gasteiger partial charge in [0.25, 0.3) is 5.91 Å². The minimum absolute atomic E-state index is 0.0254. The molecule has 3 saturated heterocycles. The quantitative estimate of drug-likeness (QED) is 0.0762. The SMILES string of the molecule is C[C@@H]1O[C@@H](Oc2ccc(C(F)C(=O)NCCSSCCNC(=O)CCCC[C@@H]3SC[C@@H]4NC(=O)N[C@@H]43)cc2)[C@@H](O)[C@H](O)[C@@H]1O. The average molecular weight is 677 g/mol. The Hall–Kier alpha value is -1.95. The Morgan fingerprint density at radius 2 is 1.77 bits per heavy atom. The largest absolute Gasteiger partial charge is 0.462 e. The summed E-state index contributed by atoms with van der Waals surface area (Å²) in [6.07, 6.45) is -4.78. The van der Waals surface area contributed by atoms with E-state index >= 15 is 0 Å². The van der Waals surface area contributed by atoms with E-state index in [0.29, 0.717) is 29.7 Å². The molecule has 7 N–H and O–H groups in total. The lowest BCUT2D eigenvalue weighted by Crippen LogP contribution is -2.58. The van der Waals surface area contributed by atoms with Gasteiger partial charge in [0.2, 0.25) is 18.4 Å². The third-order valence-electron chi connectivity index (χ3n) is 7.62. The van der Waals surface area contributed by atoms with Crippen molar-refractivity contribution < 1.29 is 43.6 Å². The van der Waals surface area contributed by atoms with E-state index < -0.39 is 42.8 Å². The molecule has 0 aliphatic carbocycles. The Labute approximate surface area is 268 Å². The van der Waals surface area contributed by atoms with Crippen LogP contribution in [0.3, 0.4) is 0 Å². The summed E-state index contributed by atoms with van der Waals surface area (Å²) in [6.45, 7) is 2.37. The number of aliphatic hydroxyl groups is 3. The van der Waals surface area contributed by atoms with Crippen molar-refractivity contribution in [3.05, 3.63) is 29.8 Å². The van der Waals surface area contributed by atoms with Crippen LogP contribution in [-0.4, -0.2) is 112 Å². The molecule has 3 aliphatic heterocycles. The average Bonchev–Trinajstić information content (AvgIpc) is 3.57. The van der Waals surface area contributed by atoms with Gasteiger partial charge < -0.3 is 46.1 Å². The summed E-state index contributed by atoms with van der Waals surface area (Å²) in [6, 6.07) is 5.97. The number of rotatable bonds is 16. The van der Waals surface area contributed by atoms with Gasteiger partial charge in [0.05, 0.1) is 18.2 Å². The van der Waals surface area contributed by atoms with Gasteiger partial charge in [-0.05, 0) is 37.5 Å². The number of carbonyl (C=O) groups is 3. The summed E-state index contributed by atoms with van der Waals surface area (Å²) in [5.74, 6) is 1.72. The summed E-state index contributed by atoms with van der Waals surface area (Å²) in [4.78, 5) is 35.8. The first-order chi connectivity index (χ1) is 21.1. The van der Waals surface area contributed by atoms with E-state index in [9.17, 15) is 34.1 Å². The van der Waals surface area contributed by atoms with Gasteiger partial charge in [-0.3, -0.25) is 9.59 Å². The number of fused-ring (bicyclic) bond motifs is 1. The molecule has 246 valence electrons. The predicted molar refractivity (Wildman–Crippen MR) is 168 cm³/mol. The predicted octanol–water partition coefficient (Wildman–Crippen LogP) is 1.24. The van der Waals surface area contributed by atoms with Crippen molar-refractivity contribution in [3.8, 4) is 5.75 Å². The van der Waals surface area contributed by atoms with Crippen LogP contribution in [0, 0.1) is 0 Å². The van der Waals surface area contributed by atoms with Crippen molar-refractivity contribution in [2.45, 2.75) is 86.8 Å². The number of halogens is 1. The smallest absolute Gasteiger partial charge is 0.315 e. The first-order valence-corrected chi connectivity index (χ1v) is 18.3. The number of alkyl halides is 1. The van der Waals surface area contributed by atoms with Crippen LogP contribution in [0.2, 0.25) is 0 Å². The van der Waals surface area contributed by atoms with Gasteiger partial charge in [-0.15, -0.1) is 0 Å². The molecule has 0 aromatic heterocycles. The van der Waals surface area contributed by atoms with Gasteiger partial charge in [-0.1, -0.05) is 40.1 Å². The number of urea groups is 1. The zero-order valence-corrected chi connectivity index (χ0v) is 26.8. The zero-order chi connectivity index (χ0) is 31.6. The van der Waals surface area contributed by atoms with Gasteiger partial charge in [0.1, 0.15) is 24.1 Å². The summed E-state index contributed by atoms with van der Waals surface area (Å²) < 4.78 is 25.6. The first-order valence-electron chi connectivity index (χ1n) is 14.7. The van der Waals surface area contributed by atoms with Crippen molar-refractivity contribution in [2.75, 3.05) is 30.3 Å². The first kappa shape index (κ1) is 34.9. The molecule has 0 spiro atoms. The topological polar surface area (TPSA) is 178 Å². The van der Waals surface area contributed by atoms with Crippen LogP contribution in [0.25, 0.3) is 0 Å². The van der Waals surface area contributed by atoms with E-state index in [4.69, 9.17) is 9.47 Å². The summed E-state index contributed by atoms with van der Waals surface area (Å²) in [5, 5.41) is 41.6. The fourth-order valence-electron chi connectivity index (χ4n) is 5.13. The van der Waals surface area contributed by atoms with E-state index in [-0.39, 0.29) is 41.9 Å². The van der Waals surface area contributed by atoms with Crippen molar-refractivity contribution in [1.29, 1.82) is 0 Å². The molecule has 0 radical (unpaired) electrons. The summed E-state index contributed by atoms with van der Waals surface area (Å²) in [7, 11) is 3.09. The Balaban J connectivity index is 1.00. The maximum absolute atomic E-state index is 14.7. The lowest BCUT2D eigenvalue weighted by atomic mass is 10.00. The monoisotopic (exact) mass is 676 g/mol. The second kappa shape index (κ2) is 17.1. The van der Waals surface area contributed by atoms with E-state index in [1.807, 2.05) is 11.8 Å². The molecule has 3 heterocycles. The number of nitrogens with one attached hydrogen (secondary N) is 4. The molecule has 0 bridgehead atoms. The normalized spacial score (nSPS) is 30.2. The minimum atomic E-state index is -1.88. The standard InChI is InChI=1S/C28H41FN4O8S3/c1-15-23(35)24(36)25(37)27(40-15)41-17-8-6-16(7-9-17)21(29)26(38)31-11-13-44-43-12-10-30-20(34)5-3-2-4-19-22-18(14-42-19)32-28(39)33-22/h6-9,15,18-19,21-25,27,35-37H,2-5,10-14H2,1H3,(H,30,34)(H,31,38)(H2,32,33,39)/t15-,18-,19-,21?,22-,23+,24+,25-,27-/m0/s1. The zero-order valence-electron chi connectivity index (χ0n) is 24.4. The lowest BCUT2D eigenvalue weighted by molar-refractivity contribution is -0.268. The molecular formula is C28H41FN4O8S3. The maximum atomic E-state index is 14.7. The minimum Gasteiger partial charge on any atom is -0.462 e. The third-order valence-corrected chi connectivity index (χ3v) is 11.5. The second-order valence-electron chi connectivity index (χ2n) is 10.9. The van der Waals surface area contributed by atoms with Gasteiger partial charge >= 0.3 is 6.03 Å². The molecule has 3 fully saturated rings. The fraction of sp³-hybridized carbons (Fsp3) is 0.679. The van der Waals surface area contributed by atoms with Crippen LogP contribution in [-0.2, 0) is 14.3 Å². The number of unbranched alkanes of at least 4 members (excludes halogenated alkanes) is 1. The van der Waals surface area contributed by atoms with Gasteiger partial charge in [-0.25, -0.2) is 9.18 Å². The third kappa shape index (κ3) is 9.77. The van der Waals surface area contributed by atoms with Crippen molar-refractivity contribution in [2.24, 2.45) is 0 Å². The van der Waals surface area contributed by atoms with Crippen LogP contribution in [0.1, 0.15) is 44.3 Å². The van der Waals surface area contributed by atoms with Gasteiger partial charge in [0, 0.05) is 42.0 Å². The number of aliphatic hydroxyl groups excluding tert-OH is 3. The number of hydrogen-bond donors (Lipinski definition) is 7. The number of hydrogen-bond acceptors (Lipinski definition) is 11. The molecule has 4 amide bonds. The van der Waals surface area contributed by atoms with Crippen LogP contribution < -0.4 is 26.0 Å². The molecule has 1 aromatic carbocycles. The fourth-order valence-corrected chi connectivity index (χ4v) is 8.49. The number of benzene rings is 1. The van der Waals surface area contributed by atoms with Crippen LogP contribution in [0.5, 0.6) is 5.75 Å². The molecule has 1 aromatic rings. The molecule has 1 unspecified atom stereocenters. The van der Waals surface area contributed by atoms with Crippen molar-refractivity contribution in [3.63, 3.8) is 0 Å². The molecule has 12 nitrogen and oxygen atoms in total. The molecule has 3 aliphatic rings. The molecule has 4 rings (SSSR count). The second-order valence-corrected chi connectivity index (χ2v) is 14.9. The Morgan fingerprint density at radius 3 is 2.50 bits per heavy atom. The van der Waals surface area contributed by atoms with E-state index in [1.54, 1.807) is 10.8 Å². The highest BCUT2D eigenvalue weighted by molar-refractivity contribution is 8.76. The Kier molecular flexibility index (Phi) is 13.6. The molecular weight excluding hydrogens is 636 g/mol. The van der Waals surface area contributed by atoms with Crippen LogP contribution >= 0.6 is 33.3 Å². The van der Waals surface area contributed by atoms with Crippen molar-refractivity contribution in [1.82, 2.24) is 21.3 Å². The maximum Gasteiger partial charge on any atom is 0.315 e. The van der Waals surface area contributed by atoms with Gasteiger partial charge in [0.15, 0.2) is 0 Å². The highest BCUT2D eigenvalue weighted by atomic mass is 33.1. The van der Waals surface area contributed by atoms with E-state index in [1.165, 1.54) is 42.0 Å². The number of carbonyl (C=O) groups excluding carboxylic acids is 3. The van der Waals surface area contributed by atoms with Crippen LogP contribution in [0.4, 0.5) is 9.18 Å². The van der Waals surface area contributed by atoms with E-state index in [0.717, 1.165) is 25.0 Å². The van der Waals surface area contributed by atoms with Gasteiger partial charge in [-0.2, -0.15) is 11.8 Å². The molecule has 44 heavy (non-hydrogen) atoms. The summed E-state index contributed by atoms with van der Waals surface area (Å²) >= 11 is 1.88. The highest BCUT2D eigenvalue weighted by Gasteiger charge is 2.43.